The number of rotatable bonds is 3. The maximum absolute atomic E-state index is 12.8. The third-order valence-electron chi connectivity index (χ3n) is 5.75. The van der Waals surface area contributed by atoms with Crippen LogP contribution in [0, 0.1) is 0 Å². The van der Waals surface area contributed by atoms with Crippen LogP contribution in [0.15, 0.2) is 29.3 Å². The van der Waals surface area contributed by atoms with Crippen LogP contribution in [0.3, 0.4) is 0 Å². The van der Waals surface area contributed by atoms with Crippen molar-refractivity contribution in [1.82, 2.24) is 24.8 Å². The van der Waals surface area contributed by atoms with Crippen molar-refractivity contribution in [2.24, 2.45) is 0 Å². The Morgan fingerprint density at radius 3 is 2.76 bits per heavy atom. The summed E-state index contributed by atoms with van der Waals surface area (Å²) < 4.78 is 0. The van der Waals surface area contributed by atoms with E-state index in [9.17, 15) is 14.4 Å². The third-order valence-corrected chi connectivity index (χ3v) is 5.75. The summed E-state index contributed by atoms with van der Waals surface area (Å²) in [7, 11) is 0. The maximum Gasteiger partial charge on any atom is 0.254 e. The van der Waals surface area contributed by atoms with Gasteiger partial charge in [-0.05, 0) is 37.8 Å². The number of nitrogens with zero attached hydrogens (tertiary/aromatic N) is 4. The van der Waals surface area contributed by atoms with E-state index in [-0.39, 0.29) is 23.4 Å². The molecule has 2 aromatic heterocycles. The Hall–Kier alpha value is -3.03. The number of fused-ring (bicyclic) bond motifs is 1. The third kappa shape index (κ3) is 3.79. The number of carbonyl (C=O) groups is 2. The van der Waals surface area contributed by atoms with E-state index in [1.165, 1.54) is 0 Å². The average Bonchev–Trinajstić information content (AvgIpc) is 2.78. The summed E-state index contributed by atoms with van der Waals surface area (Å²) in [5.74, 6) is 0.514. The van der Waals surface area contributed by atoms with E-state index >= 15 is 0 Å². The highest BCUT2D eigenvalue weighted by molar-refractivity contribution is 5.94. The molecule has 1 atom stereocenters. The quantitative estimate of drug-likeness (QED) is 0.855. The molecule has 2 amide bonds. The first-order chi connectivity index (χ1) is 14.1. The van der Waals surface area contributed by atoms with Crippen molar-refractivity contribution in [2.45, 2.75) is 51.6 Å². The Bertz CT molecular complexity index is 972. The number of nitrogens with one attached hydrogen (secondary N) is 1. The molecule has 2 aromatic rings. The highest BCUT2D eigenvalue weighted by Gasteiger charge is 2.31. The zero-order chi connectivity index (χ0) is 20.4. The van der Waals surface area contributed by atoms with Crippen LogP contribution in [0.2, 0.25) is 0 Å². The number of hydrogen-bond acceptors (Lipinski definition) is 5. The van der Waals surface area contributed by atoms with Crippen LogP contribution in [-0.4, -0.2) is 49.7 Å². The van der Waals surface area contributed by atoms with Gasteiger partial charge in [0.15, 0.2) is 0 Å². The number of carbonyl (C=O) groups excluding carboxylic acids is 2. The van der Waals surface area contributed by atoms with Crippen molar-refractivity contribution in [1.29, 1.82) is 0 Å². The Morgan fingerprint density at radius 1 is 1.21 bits per heavy atom. The maximum atomic E-state index is 12.8. The smallest absolute Gasteiger partial charge is 0.254 e. The van der Waals surface area contributed by atoms with Crippen LogP contribution in [0.25, 0.3) is 0 Å². The minimum atomic E-state index is -0.208. The van der Waals surface area contributed by atoms with E-state index in [0.717, 1.165) is 19.3 Å². The minimum Gasteiger partial charge on any atom is -0.333 e. The van der Waals surface area contributed by atoms with Crippen molar-refractivity contribution in [3.63, 3.8) is 0 Å². The van der Waals surface area contributed by atoms with Crippen LogP contribution >= 0.6 is 0 Å². The van der Waals surface area contributed by atoms with Gasteiger partial charge in [-0.1, -0.05) is 6.92 Å². The van der Waals surface area contributed by atoms with E-state index in [1.807, 2.05) is 11.8 Å². The average molecular weight is 395 g/mol. The number of pyridine rings is 1. The van der Waals surface area contributed by atoms with E-state index in [4.69, 9.17) is 4.98 Å². The van der Waals surface area contributed by atoms with Crippen LogP contribution in [0.5, 0.6) is 0 Å². The van der Waals surface area contributed by atoms with Crippen LogP contribution in [0.4, 0.5) is 0 Å². The SMILES string of the molecule is CCC(=O)N1CCCC[C@@H]1c1nc2c(c(=O)[nH]1)CCN(C(=O)c1ccncc1)C2. The lowest BCUT2D eigenvalue weighted by molar-refractivity contribution is -0.134. The number of hydrogen-bond donors (Lipinski definition) is 1. The lowest BCUT2D eigenvalue weighted by atomic mass is 9.99. The molecule has 2 aliphatic rings. The van der Waals surface area contributed by atoms with Gasteiger partial charge in [-0.15, -0.1) is 0 Å². The Balaban J connectivity index is 1.63. The van der Waals surface area contributed by atoms with Crippen LogP contribution < -0.4 is 5.56 Å². The van der Waals surface area contributed by atoms with E-state index in [1.54, 1.807) is 29.4 Å². The molecule has 8 nitrogen and oxygen atoms in total. The van der Waals surface area contributed by atoms with Gasteiger partial charge in [0, 0.05) is 43.0 Å². The number of piperidine rings is 1. The number of H-pyrrole nitrogens is 1. The van der Waals surface area contributed by atoms with Gasteiger partial charge >= 0.3 is 0 Å². The normalized spacial score (nSPS) is 19.0. The number of aromatic amines is 1. The fourth-order valence-corrected chi connectivity index (χ4v) is 4.18. The molecule has 29 heavy (non-hydrogen) atoms. The summed E-state index contributed by atoms with van der Waals surface area (Å²) in [6, 6.07) is 3.16. The number of amides is 2. The molecule has 0 bridgehead atoms. The number of aromatic nitrogens is 3. The van der Waals surface area contributed by atoms with Gasteiger partial charge in [0.2, 0.25) is 5.91 Å². The molecular formula is C21H25N5O3. The molecule has 4 rings (SSSR count). The minimum absolute atomic E-state index is 0.0737. The van der Waals surface area contributed by atoms with Crippen molar-refractivity contribution in [2.75, 3.05) is 13.1 Å². The van der Waals surface area contributed by atoms with Gasteiger partial charge < -0.3 is 14.8 Å². The summed E-state index contributed by atoms with van der Waals surface area (Å²) in [4.78, 5) is 53.0. The van der Waals surface area contributed by atoms with Crippen molar-refractivity contribution >= 4 is 11.8 Å². The molecule has 0 aliphatic carbocycles. The fourth-order valence-electron chi connectivity index (χ4n) is 4.18. The number of likely N-dealkylation sites (tertiary alicyclic amines) is 1. The second-order valence-corrected chi connectivity index (χ2v) is 7.54. The Morgan fingerprint density at radius 2 is 2.00 bits per heavy atom. The molecule has 0 radical (unpaired) electrons. The van der Waals surface area contributed by atoms with Gasteiger partial charge in [-0.2, -0.15) is 0 Å². The van der Waals surface area contributed by atoms with Gasteiger partial charge in [0.25, 0.3) is 11.5 Å². The molecule has 4 heterocycles. The van der Waals surface area contributed by atoms with Gasteiger partial charge in [0.1, 0.15) is 5.82 Å². The first-order valence-corrected chi connectivity index (χ1v) is 10.2. The topological polar surface area (TPSA) is 99.3 Å². The first kappa shape index (κ1) is 19.3. The highest BCUT2D eigenvalue weighted by atomic mass is 16.2. The largest absolute Gasteiger partial charge is 0.333 e. The monoisotopic (exact) mass is 395 g/mol. The molecule has 1 N–H and O–H groups in total. The summed E-state index contributed by atoms with van der Waals surface area (Å²) in [5, 5.41) is 0. The molecule has 2 aliphatic heterocycles. The second-order valence-electron chi connectivity index (χ2n) is 7.54. The summed E-state index contributed by atoms with van der Waals surface area (Å²) >= 11 is 0. The van der Waals surface area contributed by atoms with Crippen molar-refractivity contribution < 1.29 is 9.59 Å². The molecule has 0 spiro atoms. The first-order valence-electron chi connectivity index (χ1n) is 10.2. The molecule has 0 unspecified atom stereocenters. The van der Waals surface area contributed by atoms with E-state index in [2.05, 4.69) is 9.97 Å². The summed E-state index contributed by atoms with van der Waals surface area (Å²) in [6.45, 7) is 3.30. The molecule has 8 heteroatoms. The summed E-state index contributed by atoms with van der Waals surface area (Å²) in [6.07, 6.45) is 6.82. The molecular weight excluding hydrogens is 370 g/mol. The van der Waals surface area contributed by atoms with Crippen LogP contribution in [-0.2, 0) is 17.8 Å². The Labute approximate surface area is 169 Å². The standard InChI is InChI=1S/C21H25N5O3/c1-2-18(27)26-11-4-3-5-17(26)19-23-16-13-25(12-8-15(16)20(28)24-19)21(29)14-6-9-22-10-7-14/h6-7,9-10,17H,2-5,8,11-13H2,1H3,(H,23,24,28)/t17-/m1/s1. The zero-order valence-electron chi connectivity index (χ0n) is 16.6. The molecule has 0 saturated carbocycles. The van der Waals surface area contributed by atoms with Crippen molar-refractivity contribution in [3.05, 3.63) is 57.5 Å². The van der Waals surface area contributed by atoms with E-state index in [0.29, 0.717) is 55.1 Å². The van der Waals surface area contributed by atoms with Gasteiger partial charge in [-0.25, -0.2) is 4.98 Å². The Kier molecular flexibility index (Phi) is 5.42. The zero-order valence-corrected chi connectivity index (χ0v) is 16.6. The second kappa shape index (κ2) is 8.14. The van der Waals surface area contributed by atoms with Gasteiger partial charge in [0.05, 0.1) is 18.3 Å². The molecule has 0 aromatic carbocycles. The van der Waals surface area contributed by atoms with Gasteiger partial charge in [-0.3, -0.25) is 19.4 Å². The predicted molar refractivity (Wildman–Crippen MR) is 106 cm³/mol. The van der Waals surface area contributed by atoms with Crippen molar-refractivity contribution in [3.8, 4) is 0 Å². The molecule has 1 saturated heterocycles. The van der Waals surface area contributed by atoms with Crippen LogP contribution in [0.1, 0.15) is 66.1 Å². The fraction of sp³-hybridized carbons (Fsp3) is 0.476. The summed E-state index contributed by atoms with van der Waals surface area (Å²) in [5.41, 5.74) is 1.68. The molecule has 1 fully saturated rings. The lowest BCUT2D eigenvalue weighted by Crippen LogP contribution is -2.42. The highest BCUT2D eigenvalue weighted by Crippen LogP contribution is 2.30. The molecule has 152 valence electrons. The predicted octanol–water partition coefficient (Wildman–Crippen LogP) is 1.83. The van der Waals surface area contributed by atoms with E-state index < -0.39 is 0 Å². The lowest BCUT2D eigenvalue weighted by Gasteiger charge is -2.35.